The van der Waals surface area contributed by atoms with Gasteiger partial charge in [-0.05, 0) is 12.0 Å². The average Bonchev–Trinajstić information content (AvgIpc) is 2.48. The van der Waals surface area contributed by atoms with Crippen LogP contribution in [0.1, 0.15) is 24.4 Å². The minimum absolute atomic E-state index is 0.0156. The molecule has 0 aromatic heterocycles. The van der Waals surface area contributed by atoms with E-state index in [1.807, 2.05) is 30.3 Å². The van der Waals surface area contributed by atoms with E-state index in [1.54, 1.807) is 18.0 Å². The summed E-state index contributed by atoms with van der Waals surface area (Å²) in [6, 6.07) is 9.53. The topological polar surface area (TPSA) is 49.4 Å². The van der Waals surface area contributed by atoms with Gasteiger partial charge in [-0.1, -0.05) is 36.4 Å². The van der Waals surface area contributed by atoms with Gasteiger partial charge in [-0.25, -0.2) is 0 Å². The quantitative estimate of drug-likeness (QED) is 0.851. The third-order valence-electron chi connectivity index (χ3n) is 3.76. The zero-order valence-electron chi connectivity index (χ0n) is 11.7. The lowest BCUT2D eigenvalue weighted by Crippen LogP contribution is -2.46. The highest BCUT2D eigenvalue weighted by molar-refractivity contribution is 5.84. The normalized spacial score (nSPS) is 22.4. The Bertz CT molecular complexity index is 498. The number of amides is 2. The molecule has 2 unspecified atom stereocenters. The smallest absolute Gasteiger partial charge is 0.225 e. The first-order valence-corrected chi connectivity index (χ1v) is 6.84. The van der Waals surface area contributed by atoms with Gasteiger partial charge in [0.2, 0.25) is 11.8 Å². The Balaban J connectivity index is 2.26. The molecule has 4 heteroatoms. The van der Waals surface area contributed by atoms with E-state index < -0.39 is 0 Å². The molecule has 2 rings (SSSR count). The summed E-state index contributed by atoms with van der Waals surface area (Å²) in [6.07, 6.45) is 2.67. The van der Waals surface area contributed by atoms with Gasteiger partial charge in [0.05, 0.1) is 12.0 Å². The van der Waals surface area contributed by atoms with Crippen LogP contribution in [0.15, 0.2) is 43.0 Å². The highest BCUT2D eigenvalue weighted by Gasteiger charge is 2.38. The minimum atomic E-state index is -0.208. The Morgan fingerprint density at radius 3 is 2.80 bits per heavy atom. The summed E-state index contributed by atoms with van der Waals surface area (Å²) in [5, 5.41) is 2.84. The number of nitrogens with one attached hydrogen (secondary N) is 1. The van der Waals surface area contributed by atoms with E-state index in [-0.39, 0.29) is 23.8 Å². The second kappa shape index (κ2) is 6.37. The Labute approximate surface area is 119 Å². The van der Waals surface area contributed by atoms with Gasteiger partial charge in [-0.15, -0.1) is 6.58 Å². The van der Waals surface area contributed by atoms with Crippen LogP contribution in [-0.2, 0) is 9.59 Å². The summed E-state index contributed by atoms with van der Waals surface area (Å²) in [7, 11) is 1.77. The van der Waals surface area contributed by atoms with Gasteiger partial charge in [0.15, 0.2) is 0 Å². The lowest BCUT2D eigenvalue weighted by atomic mass is 9.84. The largest absolute Gasteiger partial charge is 0.352 e. The van der Waals surface area contributed by atoms with Crippen LogP contribution in [0, 0.1) is 5.92 Å². The zero-order chi connectivity index (χ0) is 14.5. The van der Waals surface area contributed by atoms with Gasteiger partial charge in [-0.2, -0.15) is 0 Å². The van der Waals surface area contributed by atoms with Crippen molar-refractivity contribution in [3.05, 3.63) is 48.6 Å². The summed E-state index contributed by atoms with van der Waals surface area (Å²) < 4.78 is 0. The molecule has 0 saturated carbocycles. The fourth-order valence-corrected chi connectivity index (χ4v) is 2.72. The number of benzene rings is 1. The molecular weight excluding hydrogens is 252 g/mol. The summed E-state index contributed by atoms with van der Waals surface area (Å²) in [6.45, 7) is 4.06. The predicted molar refractivity (Wildman–Crippen MR) is 77.9 cm³/mol. The monoisotopic (exact) mass is 272 g/mol. The van der Waals surface area contributed by atoms with Crippen LogP contribution in [0.4, 0.5) is 0 Å². The maximum absolute atomic E-state index is 12.3. The van der Waals surface area contributed by atoms with E-state index in [4.69, 9.17) is 0 Å². The molecular formula is C16H20N2O2. The Morgan fingerprint density at radius 1 is 1.45 bits per heavy atom. The van der Waals surface area contributed by atoms with E-state index in [9.17, 15) is 9.59 Å². The van der Waals surface area contributed by atoms with Gasteiger partial charge in [-0.3, -0.25) is 9.59 Å². The molecule has 2 amide bonds. The number of piperidine rings is 1. The Morgan fingerprint density at radius 2 is 2.15 bits per heavy atom. The average molecular weight is 272 g/mol. The van der Waals surface area contributed by atoms with Crippen molar-refractivity contribution < 1.29 is 9.59 Å². The van der Waals surface area contributed by atoms with Crippen LogP contribution < -0.4 is 5.32 Å². The molecule has 106 valence electrons. The molecule has 2 atom stereocenters. The van der Waals surface area contributed by atoms with Gasteiger partial charge in [0.25, 0.3) is 0 Å². The minimum Gasteiger partial charge on any atom is -0.352 e. The molecule has 1 N–H and O–H groups in total. The molecule has 1 saturated heterocycles. The van der Waals surface area contributed by atoms with Crippen LogP contribution in [0.2, 0.25) is 0 Å². The zero-order valence-corrected chi connectivity index (χ0v) is 11.7. The fraction of sp³-hybridized carbons (Fsp3) is 0.375. The molecule has 1 fully saturated rings. The number of nitrogens with zero attached hydrogens (tertiary/aromatic N) is 1. The highest BCUT2D eigenvalue weighted by Crippen LogP contribution is 2.35. The third kappa shape index (κ3) is 2.90. The lowest BCUT2D eigenvalue weighted by Gasteiger charge is -2.38. The second-order valence-electron chi connectivity index (χ2n) is 5.04. The van der Waals surface area contributed by atoms with Crippen molar-refractivity contribution in [3.63, 3.8) is 0 Å². The van der Waals surface area contributed by atoms with E-state index in [0.29, 0.717) is 19.4 Å². The summed E-state index contributed by atoms with van der Waals surface area (Å²) in [5.41, 5.74) is 1.00. The fourth-order valence-electron chi connectivity index (χ4n) is 2.72. The maximum atomic E-state index is 12.3. The Hall–Kier alpha value is -2.10. The number of hydrogen-bond donors (Lipinski definition) is 1. The molecule has 4 nitrogen and oxygen atoms in total. The second-order valence-corrected chi connectivity index (χ2v) is 5.04. The predicted octanol–water partition coefficient (Wildman–Crippen LogP) is 1.90. The van der Waals surface area contributed by atoms with E-state index in [2.05, 4.69) is 11.9 Å². The summed E-state index contributed by atoms with van der Waals surface area (Å²) >= 11 is 0. The molecule has 1 aliphatic heterocycles. The van der Waals surface area contributed by atoms with Crippen molar-refractivity contribution in [1.82, 2.24) is 10.2 Å². The molecule has 1 aromatic carbocycles. The van der Waals surface area contributed by atoms with Gasteiger partial charge >= 0.3 is 0 Å². The summed E-state index contributed by atoms with van der Waals surface area (Å²) in [4.78, 5) is 25.9. The number of carbonyl (C=O) groups is 2. The van der Waals surface area contributed by atoms with Crippen molar-refractivity contribution in [2.45, 2.75) is 18.9 Å². The van der Waals surface area contributed by atoms with Crippen molar-refractivity contribution >= 4 is 11.8 Å². The van der Waals surface area contributed by atoms with Crippen LogP contribution in [0.25, 0.3) is 0 Å². The molecule has 0 spiro atoms. The lowest BCUT2D eigenvalue weighted by molar-refractivity contribution is -0.141. The highest BCUT2D eigenvalue weighted by atomic mass is 16.2. The number of rotatable bonds is 4. The van der Waals surface area contributed by atoms with Crippen LogP contribution in [-0.4, -0.2) is 30.3 Å². The first-order chi connectivity index (χ1) is 9.65. The van der Waals surface area contributed by atoms with Crippen molar-refractivity contribution in [1.29, 1.82) is 0 Å². The first kappa shape index (κ1) is 14.3. The van der Waals surface area contributed by atoms with E-state index in [0.717, 1.165) is 5.56 Å². The molecule has 20 heavy (non-hydrogen) atoms. The van der Waals surface area contributed by atoms with Crippen LogP contribution >= 0.6 is 0 Å². The van der Waals surface area contributed by atoms with Gasteiger partial charge < -0.3 is 10.2 Å². The molecule has 0 aliphatic carbocycles. The van der Waals surface area contributed by atoms with Gasteiger partial charge in [0, 0.05) is 20.0 Å². The standard InChI is InChI=1S/C16H20N2O2/c1-3-11-17-16(20)13-9-10-14(19)18(2)15(13)12-7-5-4-6-8-12/h3-8,13,15H,1,9-11H2,2H3,(H,17,20). The number of carbonyl (C=O) groups excluding carboxylic acids is 2. The number of hydrogen-bond acceptors (Lipinski definition) is 2. The van der Waals surface area contributed by atoms with Crippen LogP contribution in [0.5, 0.6) is 0 Å². The maximum Gasteiger partial charge on any atom is 0.225 e. The van der Waals surface area contributed by atoms with E-state index >= 15 is 0 Å². The molecule has 0 radical (unpaired) electrons. The summed E-state index contributed by atoms with van der Waals surface area (Å²) in [5.74, 6) is -0.134. The SMILES string of the molecule is C=CCNC(=O)C1CCC(=O)N(C)C1c1ccccc1. The van der Waals surface area contributed by atoms with Crippen molar-refractivity contribution in [2.75, 3.05) is 13.6 Å². The third-order valence-corrected chi connectivity index (χ3v) is 3.76. The molecule has 0 bridgehead atoms. The van der Waals surface area contributed by atoms with Crippen molar-refractivity contribution in [3.8, 4) is 0 Å². The van der Waals surface area contributed by atoms with Crippen LogP contribution in [0.3, 0.4) is 0 Å². The first-order valence-electron chi connectivity index (χ1n) is 6.84. The van der Waals surface area contributed by atoms with Gasteiger partial charge in [0.1, 0.15) is 0 Å². The molecule has 1 aliphatic rings. The van der Waals surface area contributed by atoms with E-state index in [1.165, 1.54) is 0 Å². The Kier molecular flexibility index (Phi) is 4.56. The number of likely N-dealkylation sites (tertiary alicyclic amines) is 1. The molecule has 1 aromatic rings. The molecule has 1 heterocycles. The van der Waals surface area contributed by atoms with Crippen molar-refractivity contribution in [2.24, 2.45) is 5.92 Å².